The zero-order valence-electron chi connectivity index (χ0n) is 19.2. The van der Waals surface area contributed by atoms with E-state index in [-0.39, 0.29) is 17.7 Å². The van der Waals surface area contributed by atoms with Crippen molar-refractivity contribution in [1.29, 1.82) is 0 Å². The van der Waals surface area contributed by atoms with Gasteiger partial charge in [0.15, 0.2) is 0 Å². The van der Waals surface area contributed by atoms with E-state index in [1.807, 2.05) is 48.2 Å². The van der Waals surface area contributed by atoms with Crippen LogP contribution in [-0.4, -0.2) is 52.5 Å². The number of para-hydroxylation sites is 1. The maximum atomic E-state index is 13.3. The van der Waals surface area contributed by atoms with E-state index in [0.717, 1.165) is 36.1 Å². The Balaban J connectivity index is 1.69. The summed E-state index contributed by atoms with van der Waals surface area (Å²) in [4.78, 5) is 15.2. The lowest BCUT2D eigenvalue weighted by Gasteiger charge is -2.26. The molecule has 0 spiro atoms. The van der Waals surface area contributed by atoms with Crippen LogP contribution >= 0.6 is 0 Å². The minimum atomic E-state index is -0.313. The molecule has 1 atom stereocenters. The summed E-state index contributed by atoms with van der Waals surface area (Å²) < 4.78 is 11.3. The average molecular weight is 450 g/mol. The molecule has 0 saturated carbocycles. The number of hydrogen-bond acceptors (Lipinski definition) is 5. The quantitative estimate of drug-likeness (QED) is 0.405. The maximum Gasteiger partial charge on any atom is 0.273 e. The van der Waals surface area contributed by atoms with Crippen molar-refractivity contribution in [3.8, 4) is 22.8 Å². The van der Waals surface area contributed by atoms with Gasteiger partial charge in [-0.05, 0) is 49.6 Å². The third-order valence-electron chi connectivity index (χ3n) is 5.88. The molecule has 1 aliphatic rings. The fourth-order valence-corrected chi connectivity index (χ4v) is 4.22. The van der Waals surface area contributed by atoms with E-state index in [1.165, 1.54) is 0 Å². The predicted molar refractivity (Wildman–Crippen MR) is 127 cm³/mol. The summed E-state index contributed by atoms with van der Waals surface area (Å²) >= 11 is 0. The second-order valence-electron chi connectivity index (χ2n) is 8.10. The molecule has 0 unspecified atom stereocenters. The molecule has 0 aliphatic carbocycles. The van der Waals surface area contributed by atoms with E-state index in [0.29, 0.717) is 43.3 Å². The van der Waals surface area contributed by atoms with Gasteiger partial charge in [-0.15, -0.1) is 0 Å². The minimum Gasteiger partial charge on any atom is -0.507 e. The van der Waals surface area contributed by atoms with Crippen molar-refractivity contribution < 1.29 is 19.4 Å². The van der Waals surface area contributed by atoms with Gasteiger partial charge in [-0.1, -0.05) is 37.6 Å². The van der Waals surface area contributed by atoms with Gasteiger partial charge in [0, 0.05) is 30.9 Å². The number of unbranched alkanes of at least 4 members (excludes halogenated alkanes) is 1. The van der Waals surface area contributed by atoms with Crippen molar-refractivity contribution in [3.63, 3.8) is 0 Å². The first-order valence-corrected chi connectivity index (χ1v) is 11.6. The van der Waals surface area contributed by atoms with Gasteiger partial charge in [-0.2, -0.15) is 5.10 Å². The fourth-order valence-electron chi connectivity index (χ4n) is 4.22. The smallest absolute Gasteiger partial charge is 0.273 e. The van der Waals surface area contributed by atoms with E-state index in [9.17, 15) is 9.90 Å². The van der Waals surface area contributed by atoms with Gasteiger partial charge in [-0.3, -0.25) is 9.89 Å². The number of aromatic nitrogens is 2. The van der Waals surface area contributed by atoms with Crippen LogP contribution < -0.4 is 4.74 Å². The topological polar surface area (TPSA) is 87.7 Å². The number of benzene rings is 2. The van der Waals surface area contributed by atoms with Crippen LogP contribution in [0, 0.1) is 0 Å². The largest absolute Gasteiger partial charge is 0.507 e. The number of hydrogen-bond donors (Lipinski definition) is 2. The molecule has 4 rings (SSSR count). The van der Waals surface area contributed by atoms with E-state index in [2.05, 4.69) is 17.1 Å². The third kappa shape index (κ3) is 4.73. The summed E-state index contributed by atoms with van der Waals surface area (Å²) in [7, 11) is 0. The van der Waals surface area contributed by atoms with E-state index in [4.69, 9.17) is 9.47 Å². The highest BCUT2D eigenvalue weighted by Gasteiger charge is 2.42. The molecule has 33 heavy (non-hydrogen) atoms. The Kier molecular flexibility index (Phi) is 7.29. The lowest BCUT2D eigenvalue weighted by atomic mass is 9.95. The number of rotatable bonds is 11. The molecule has 3 aromatic rings. The Morgan fingerprint density at radius 3 is 2.58 bits per heavy atom. The zero-order chi connectivity index (χ0) is 23.2. The lowest BCUT2D eigenvalue weighted by Crippen LogP contribution is -2.31. The standard InChI is InChI=1S/C26H31N3O4/c1-3-5-17-33-19-13-11-18(12-14-19)25-22-23(20-9-6-7-10-21(20)30)27-28-24(22)26(31)29(25)15-8-16-32-4-2/h6-7,9-14,25,30H,3-5,8,15-17H2,1-2H3,(H,27,28)/t25-/m0/s1. The number of aromatic hydroxyl groups is 1. The summed E-state index contributed by atoms with van der Waals surface area (Å²) in [5, 5.41) is 17.8. The summed E-state index contributed by atoms with van der Waals surface area (Å²) in [6.07, 6.45) is 2.82. The van der Waals surface area contributed by atoms with Gasteiger partial charge in [0.05, 0.1) is 12.6 Å². The molecule has 7 nitrogen and oxygen atoms in total. The molecule has 2 N–H and O–H groups in total. The Morgan fingerprint density at radius 2 is 1.85 bits per heavy atom. The van der Waals surface area contributed by atoms with Crippen molar-refractivity contribution in [2.75, 3.05) is 26.4 Å². The Bertz CT molecular complexity index is 1080. The number of nitrogens with one attached hydrogen (secondary N) is 1. The van der Waals surface area contributed by atoms with Crippen LogP contribution in [0.5, 0.6) is 11.5 Å². The fraction of sp³-hybridized carbons (Fsp3) is 0.385. The van der Waals surface area contributed by atoms with E-state index in [1.54, 1.807) is 12.1 Å². The number of carbonyl (C=O) groups excluding carboxylic acids is 1. The van der Waals surface area contributed by atoms with Crippen LogP contribution in [0.1, 0.15) is 60.8 Å². The number of phenolic OH excluding ortho intramolecular Hbond substituents is 1. The first-order chi connectivity index (χ1) is 16.2. The number of nitrogens with zero attached hydrogens (tertiary/aromatic N) is 2. The van der Waals surface area contributed by atoms with Gasteiger partial charge in [0.1, 0.15) is 22.9 Å². The molecule has 0 saturated heterocycles. The molecule has 2 aromatic carbocycles. The maximum absolute atomic E-state index is 13.3. The van der Waals surface area contributed by atoms with Crippen LogP contribution in [-0.2, 0) is 4.74 Å². The average Bonchev–Trinajstić information content (AvgIpc) is 3.37. The minimum absolute atomic E-state index is 0.0936. The van der Waals surface area contributed by atoms with E-state index < -0.39 is 0 Å². The highest BCUT2D eigenvalue weighted by Crippen LogP contribution is 2.44. The van der Waals surface area contributed by atoms with Gasteiger partial charge < -0.3 is 19.5 Å². The molecule has 0 fully saturated rings. The number of phenols is 1. The molecule has 174 valence electrons. The van der Waals surface area contributed by atoms with Gasteiger partial charge >= 0.3 is 0 Å². The van der Waals surface area contributed by atoms with Crippen LogP contribution in [0.2, 0.25) is 0 Å². The third-order valence-corrected chi connectivity index (χ3v) is 5.88. The molecule has 1 aliphatic heterocycles. The highest BCUT2D eigenvalue weighted by molar-refractivity contribution is 6.00. The molecule has 7 heteroatoms. The molecule has 1 amide bonds. The van der Waals surface area contributed by atoms with Crippen molar-refractivity contribution in [1.82, 2.24) is 15.1 Å². The van der Waals surface area contributed by atoms with Crippen molar-refractivity contribution in [3.05, 3.63) is 65.4 Å². The summed E-state index contributed by atoms with van der Waals surface area (Å²) in [6, 6.07) is 14.7. The number of fused-ring (bicyclic) bond motifs is 1. The number of H-pyrrole nitrogens is 1. The molecule has 0 bridgehead atoms. The second-order valence-corrected chi connectivity index (χ2v) is 8.10. The summed E-state index contributed by atoms with van der Waals surface area (Å²) in [6.45, 7) is 6.58. The number of ether oxygens (including phenoxy) is 2. The Morgan fingerprint density at radius 1 is 1.06 bits per heavy atom. The van der Waals surface area contributed by atoms with Crippen LogP contribution in [0.4, 0.5) is 0 Å². The Labute approximate surface area is 194 Å². The monoisotopic (exact) mass is 449 g/mol. The van der Waals surface area contributed by atoms with Gasteiger partial charge in [-0.25, -0.2) is 0 Å². The van der Waals surface area contributed by atoms with Crippen molar-refractivity contribution in [2.24, 2.45) is 0 Å². The van der Waals surface area contributed by atoms with E-state index >= 15 is 0 Å². The number of amides is 1. The van der Waals surface area contributed by atoms with Crippen molar-refractivity contribution >= 4 is 5.91 Å². The first-order valence-electron chi connectivity index (χ1n) is 11.6. The van der Waals surface area contributed by atoms with Crippen LogP contribution in [0.3, 0.4) is 0 Å². The highest BCUT2D eigenvalue weighted by atomic mass is 16.5. The Hall–Kier alpha value is -3.32. The molecular weight excluding hydrogens is 418 g/mol. The number of aromatic amines is 1. The summed E-state index contributed by atoms with van der Waals surface area (Å²) in [5.41, 5.74) is 3.43. The summed E-state index contributed by atoms with van der Waals surface area (Å²) in [5.74, 6) is 0.851. The second kappa shape index (κ2) is 10.5. The number of carbonyl (C=O) groups is 1. The predicted octanol–water partition coefficient (Wildman–Crippen LogP) is 4.93. The van der Waals surface area contributed by atoms with Gasteiger partial charge in [0.25, 0.3) is 5.91 Å². The molecule has 1 aromatic heterocycles. The normalized spacial score (nSPS) is 15.2. The van der Waals surface area contributed by atoms with Crippen molar-refractivity contribution in [2.45, 2.75) is 39.2 Å². The molecule has 0 radical (unpaired) electrons. The van der Waals surface area contributed by atoms with Crippen LogP contribution in [0.25, 0.3) is 11.3 Å². The lowest BCUT2D eigenvalue weighted by molar-refractivity contribution is 0.0710. The first kappa shape index (κ1) is 22.9. The molecule has 2 heterocycles. The molecular formula is C26H31N3O4. The SMILES string of the molecule is CCCCOc1ccc([C@H]2c3c(-c4ccccc4O)n[nH]c3C(=O)N2CCCOCC)cc1. The van der Waals surface area contributed by atoms with Gasteiger partial charge in [0.2, 0.25) is 0 Å². The van der Waals surface area contributed by atoms with Crippen LogP contribution in [0.15, 0.2) is 48.5 Å². The zero-order valence-corrected chi connectivity index (χ0v) is 19.2.